The molecular weight excluding hydrogens is 228 g/mol. The summed E-state index contributed by atoms with van der Waals surface area (Å²) in [4.78, 5) is 15.0. The number of carbonyl (C=O) groups is 1. The number of carboxylic acid groups (broad SMARTS) is 1. The molecule has 0 aliphatic heterocycles. The number of nitrogens with zero attached hydrogens (tertiary/aromatic N) is 1. The van der Waals surface area contributed by atoms with E-state index in [4.69, 9.17) is 5.11 Å². The van der Waals surface area contributed by atoms with E-state index < -0.39 is 5.97 Å². The Hall–Kier alpha value is -1.58. The van der Waals surface area contributed by atoms with Crippen molar-refractivity contribution in [2.24, 2.45) is 11.8 Å². The number of pyridine rings is 1. The Kier molecular flexibility index (Phi) is 4.18. The normalized spacial score (nSPS) is 23.6. The lowest BCUT2D eigenvalue weighted by Crippen LogP contribution is -2.21. The number of carboxylic acids is 1. The Balaban J connectivity index is 1.89. The zero-order chi connectivity index (χ0) is 13.0. The van der Waals surface area contributed by atoms with Gasteiger partial charge in [0.05, 0.1) is 5.56 Å². The Morgan fingerprint density at radius 3 is 3.11 bits per heavy atom. The van der Waals surface area contributed by atoms with E-state index in [0.29, 0.717) is 11.7 Å². The Morgan fingerprint density at radius 2 is 2.39 bits per heavy atom. The maximum atomic E-state index is 10.8. The van der Waals surface area contributed by atoms with E-state index in [1.807, 2.05) is 0 Å². The summed E-state index contributed by atoms with van der Waals surface area (Å²) in [5.41, 5.74) is 0.282. The second kappa shape index (κ2) is 5.85. The van der Waals surface area contributed by atoms with Crippen LogP contribution in [0.1, 0.15) is 43.0 Å². The van der Waals surface area contributed by atoms with Gasteiger partial charge in [0.25, 0.3) is 0 Å². The number of hydrogen-bond acceptors (Lipinski definition) is 3. The number of aromatic nitrogens is 1. The van der Waals surface area contributed by atoms with Gasteiger partial charge in [-0.3, -0.25) is 0 Å². The van der Waals surface area contributed by atoms with Crippen molar-refractivity contribution in [3.05, 3.63) is 23.9 Å². The Morgan fingerprint density at radius 1 is 1.56 bits per heavy atom. The minimum Gasteiger partial charge on any atom is -0.478 e. The first-order valence-electron chi connectivity index (χ1n) is 6.58. The molecule has 1 aliphatic rings. The number of hydrogen-bond donors (Lipinski definition) is 2. The third-order valence-electron chi connectivity index (χ3n) is 3.62. The highest BCUT2D eigenvalue weighted by atomic mass is 16.4. The quantitative estimate of drug-likeness (QED) is 0.859. The molecule has 0 aromatic carbocycles. The van der Waals surface area contributed by atoms with Gasteiger partial charge >= 0.3 is 5.97 Å². The maximum absolute atomic E-state index is 10.8. The van der Waals surface area contributed by atoms with E-state index in [1.54, 1.807) is 6.07 Å². The van der Waals surface area contributed by atoms with Crippen LogP contribution in [0.4, 0.5) is 5.82 Å². The number of anilines is 1. The molecule has 1 heterocycles. The van der Waals surface area contributed by atoms with Gasteiger partial charge in [-0.1, -0.05) is 19.8 Å². The van der Waals surface area contributed by atoms with Gasteiger partial charge in [0.2, 0.25) is 0 Å². The molecule has 1 saturated carbocycles. The molecule has 0 saturated heterocycles. The van der Waals surface area contributed by atoms with Gasteiger partial charge in [-0.05, 0) is 36.8 Å². The molecule has 1 fully saturated rings. The molecule has 0 bridgehead atoms. The molecule has 0 radical (unpaired) electrons. The van der Waals surface area contributed by atoms with Crippen molar-refractivity contribution in [1.82, 2.24) is 4.98 Å². The molecular formula is C14H20N2O2. The first-order chi connectivity index (χ1) is 8.65. The molecule has 2 atom stereocenters. The van der Waals surface area contributed by atoms with Crippen molar-refractivity contribution in [3.8, 4) is 0 Å². The summed E-state index contributed by atoms with van der Waals surface area (Å²) in [6, 6.07) is 3.10. The first-order valence-corrected chi connectivity index (χ1v) is 6.58. The van der Waals surface area contributed by atoms with E-state index in [9.17, 15) is 4.79 Å². The molecule has 1 aromatic rings. The minimum atomic E-state index is -0.910. The van der Waals surface area contributed by atoms with Crippen molar-refractivity contribution in [3.63, 3.8) is 0 Å². The number of aromatic carboxylic acids is 1. The second-order valence-corrected chi connectivity index (χ2v) is 5.25. The highest BCUT2D eigenvalue weighted by Crippen LogP contribution is 2.28. The van der Waals surface area contributed by atoms with E-state index in [2.05, 4.69) is 17.2 Å². The van der Waals surface area contributed by atoms with Gasteiger partial charge in [0.15, 0.2) is 0 Å². The largest absolute Gasteiger partial charge is 0.478 e. The summed E-state index contributed by atoms with van der Waals surface area (Å²) < 4.78 is 0. The summed E-state index contributed by atoms with van der Waals surface area (Å²) in [6.07, 6.45) is 6.69. The molecule has 2 N–H and O–H groups in total. The summed E-state index contributed by atoms with van der Waals surface area (Å²) >= 11 is 0. The molecule has 0 amide bonds. The molecule has 18 heavy (non-hydrogen) atoms. The predicted octanol–water partition coefficient (Wildman–Crippen LogP) is 3.02. The van der Waals surface area contributed by atoms with Crippen molar-refractivity contribution in [2.75, 3.05) is 11.9 Å². The molecule has 98 valence electrons. The van der Waals surface area contributed by atoms with E-state index in [0.717, 1.165) is 12.5 Å². The van der Waals surface area contributed by atoms with Gasteiger partial charge in [-0.15, -0.1) is 0 Å². The average molecular weight is 248 g/mol. The standard InChI is InChI=1S/C14H20N2O2/c1-10-3-2-4-11(7-10)9-16-13-8-12(14(17)18)5-6-15-13/h5-6,8,10-11H,2-4,7,9H2,1H3,(H,15,16)(H,17,18). The lowest BCUT2D eigenvalue weighted by molar-refractivity contribution is 0.0697. The van der Waals surface area contributed by atoms with Crippen LogP contribution in [0.2, 0.25) is 0 Å². The Bertz CT molecular complexity index is 420. The van der Waals surface area contributed by atoms with Crippen LogP contribution in [-0.4, -0.2) is 22.6 Å². The lowest BCUT2D eigenvalue weighted by atomic mass is 9.82. The van der Waals surface area contributed by atoms with Crippen LogP contribution in [0.25, 0.3) is 0 Å². The van der Waals surface area contributed by atoms with Crippen molar-refractivity contribution in [2.45, 2.75) is 32.6 Å². The SMILES string of the molecule is CC1CCCC(CNc2cc(C(=O)O)ccn2)C1. The smallest absolute Gasteiger partial charge is 0.335 e. The monoisotopic (exact) mass is 248 g/mol. The molecule has 0 spiro atoms. The van der Waals surface area contributed by atoms with E-state index in [1.165, 1.54) is 37.9 Å². The van der Waals surface area contributed by atoms with Crippen molar-refractivity contribution >= 4 is 11.8 Å². The van der Waals surface area contributed by atoms with Gasteiger partial charge in [-0.2, -0.15) is 0 Å². The first kappa shape index (κ1) is 12.9. The summed E-state index contributed by atoms with van der Waals surface area (Å²) in [6.45, 7) is 3.19. The molecule has 4 nitrogen and oxygen atoms in total. The third kappa shape index (κ3) is 3.45. The maximum Gasteiger partial charge on any atom is 0.335 e. The highest BCUT2D eigenvalue weighted by Gasteiger charge is 2.18. The fourth-order valence-corrected chi connectivity index (χ4v) is 2.65. The van der Waals surface area contributed by atoms with Crippen LogP contribution < -0.4 is 5.32 Å². The lowest BCUT2D eigenvalue weighted by Gasteiger charge is -2.26. The van der Waals surface area contributed by atoms with Crippen LogP contribution >= 0.6 is 0 Å². The van der Waals surface area contributed by atoms with Crippen LogP contribution in [0.3, 0.4) is 0 Å². The predicted molar refractivity (Wildman–Crippen MR) is 70.8 cm³/mol. The molecule has 1 aromatic heterocycles. The zero-order valence-corrected chi connectivity index (χ0v) is 10.7. The molecule has 2 rings (SSSR count). The van der Waals surface area contributed by atoms with Gasteiger partial charge < -0.3 is 10.4 Å². The van der Waals surface area contributed by atoms with Crippen LogP contribution in [-0.2, 0) is 0 Å². The van der Waals surface area contributed by atoms with Gasteiger partial charge in [-0.25, -0.2) is 9.78 Å². The molecule has 4 heteroatoms. The topological polar surface area (TPSA) is 62.2 Å². The fourth-order valence-electron chi connectivity index (χ4n) is 2.65. The zero-order valence-electron chi connectivity index (χ0n) is 10.7. The summed E-state index contributed by atoms with van der Waals surface area (Å²) in [7, 11) is 0. The molecule has 1 aliphatic carbocycles. The number of rotatable bonds is 4. The average Bonchev–Trinajstić information content (AvgIpc) is 2.37. The molecule has 2 unspecified atom stereocenters. The van der Waals surface area contributed by atoms with Crippen LogP contribution in [0, 0.1) is 11.8 Å². The summed E-state index contributed by atoms with van der Waals surface area (Å²) in [5, 5.41) is 12.2. The Labute approximate surface area is 107 Å². The van der Waals surface area contributed by atoms with Crippen molar-refractivity contribution in [1.29, 1.82) is 0 Å². The number of nitrogens with one attached hydrogen (secondary N) is 1. The highest BCUT2D eigenvalue weighted by molar-refractivity contribution is 5.88. The van der Waals surface area contributed by atoms with Crippen LogP contribution in [0.5, 0.6) is 0 Å². The van der Waals surface area contributed by atoms with E-state index >= 15 is 0 Å². The van der Waals surface area contributed by atoms with E-state index in [-0.39, 0.29) is 5.56 Å². The van der Waals surface area contributed by atoms with Gasteiger partial charge in [0.1, 0.15) is 5.82 Å². The van der Waals surface area contributed by atoms with Crippen LogP contribution in [0.15, 0.2) is 18.3 Å². The van der Waals surface area contributed by atoms with Gasteiger partial charge in [0, 0.05) is 12.7 Å². The second-order valence-electron chi connectivity index (χ2n) is 5.25. The fraction of sp³-hybridized carbons (Fsp3) is 0.571. The van der Waals surface area contributed by atoms with Crippen molar-refractivity contribution < 1.29 is 9.90 Å². The summed E-state index contributed by atoms with van der Waals surface area (Å²) in [5.74, 6) is 1.24. The minimum absolute atomic E-state index is 0.282. The third-order valence-corrected chi connectivity index (χ3v) is 3.62.